The third-order valence-corrected chi connectivity index (χ3v) is 3.37. The predicted octanol–water partition coefficient (Wildman–Crippen LogP) is 3.13. The predicted molar refractivity (Wildman–Crippen MR) is 70.8 cm³/mol. The summed E-state index contributed by atoms with van der Waals surface area (Å²) in [6, 6.07) is 4.71. The lowest BCUT2D eigenvalue weighted by atomic mass is 10.2. The van der Waals surface area contributed by atoms with E-state index < -0.39 is 6.36 Å². The van der Waals surface area contributed by atoms with Gasteiger partial charge in [-0.3, -0.25) is 4.90 Å². The number of alkyl halides is 3. The van der Waals surface area contributed by atoms with E-state index in [-0.39, 0.29) is 16.3 Å². The number of ether oxygens (including phenoxy) is 1. The summed E-state index contributed by atoms with van der Waals surface area (Å²) in [6.45, 7) is 3.10. The third-order valence-electron chi connectivity index (χ3n) is 2.75. The Morgan fingerprint density at radius 1 is 1.42 bits per heavy atom. The van der Waals surface area contributed by atoms with Gasteiger partial charge in [0.05, 0.1) is 4.47 Å². The Kier molecular flexibility index (Phi) is 5.64. The number of likely N-dealkylation sites (N-methyl/N-ethyl adjacent to an activating group) is 1. The van der Waals surface area contributed by atoms with Crippen LogP contribution in [0.2, 0.25) is 0 Å². The molecule has 0 amide bonds. The highest BCUT2D eigenvalue weighted by Crippen LogP contribution is 2.31. The van der Waals surface area contributed by atoms with Gasteiger partial charge in [-0.25, -0.2) is 0 Å². The molecular weight excluding hydrogens is 325 g/mol. The van der Waals surface area contributed by atoms with Crippen molar-refractivity contribution in [2.45, 2.75) is 25.9 Å². The summed E-state index contributed by atoms with van der Waals surface area (Å²) < 4.78 is 40.5. The summed E-state index contributed by atoms with van der Waals surface area (Å²) in [4.78, 5) is 2.02. The average molecular weight is 341 g/mol. The van der Waals surface area contributed by atoms with Crippen molar-refractivity contribution >= 4 is 15.9 Å². The molecular formula is C12H16BrF3N2O. The van der Waals surface area contributed by atoms with Crippen molar-refractivity contribution in [2.24, 2.45) is 5.73 Å². The quantitative estimate of drug-likeness (QED) is 0.894. The van der Waals surface area contributed by atoms with E-state index in [2.05, 4.69) is 20.7 Å². The minimum absolute atomic E-state index is 0.199. The summed E-state index contributed by atoms with van der Waals surface area (Å²) in [5.74, 6) is -0.245. The lowest BCUT2D eigenvalue weighted by Crippen LogP contribution is -2.34. The molecule has 0 fully saturated rings. The molecule has 2 N–H and O–H groups in total. The molecule has 0 saturated carbocycles. The molecule has 1 aromatic carbocycles. The first-order chi connectivity index (χ1) is 8.73. The van der Waals surface area contributed by atoms with Gasteiger partial charge in [0.15, 0.2) is 0 Å². The number of halogens is 4. The summed E-state index contributed by atoms with van der Waals surface area (Å²) in [7, 11) is 1.91. The second kappa shape index (κ2) is 6.58. The first-order valence-corrected chi connectivity index (χ1v) is 6.46. The van der Waals surface area contributed by atoms with Crippen LogP contribution in [0.5, 0.6) is 5.75 Å². The first kappa shape index (κ1) is 16.3. The van der Waals surface area contributed by atoms with Crippen LogP contribution in [0.25, 0.3) is 0 Å². The number of rotatable bonds is 5. The Bertz CT molecular complexity index is 426. The Morgan fingerprint density at radius 3 is 2.53 bits per heavy atom. The van der Waals surface area contributed by atoms with Gasteiger partial charge in [0.25, 0.3) is 0 Å². The van der Waals surface area contributed by atoms with Crippen molar-refractivity contribution in [3.8, 4) is 5.75 Å². The molecule has 0 radical (unpaired) electrons. The molecule has 1 atom stereocenters. The zero-order chi connectivity index (χ0) is 14.6. The SMILES string of the molecule is CC(CN)N(C)Cc1ccc(OC(F)(F)F)c(Br)c1. The summed E-state index contributed by atoms with van der Waals surface area (Å²) in [6.07, 6.45) is -4.69. The molecule has 0 saturated heterocycles. The van der Waals surface area contributed by atoms with E-state index >= 15 is 0 Å². The minimum atomic E-state index is -4.69. The molecule has 1 aromatic rings. The van der Waals surface area contributed by atoms with Crippen molar-refractivity contribution in [3.63, 3.8) is 0 Å². The largest absolute Gasteiger partial charge is 0.573 e. The van der Waals surface area contributed by atoms with Crippen LogP contribution >= 0.6 is 15.9 Å². The van der Waals surface area contributed by atoms with Gasteiger partial charge in [-0.15, -0.1) is 13.2 Å². The highest BCUT2D eigenvalue weighted by molar-refractivity contribution is 9.10. The van der Waals surface area contributed by atoms with Gasteiger partial charge in [0.2, 0.25) is 0 Å². The smallest absolute Gasteiger partial charge is 0.405 e. The molecule has 3 nitrogen and oxygen atoms in total. The third kappa shape index (κ3) is 5.38. The molecule has 0 aliphatic heterocycles. The molecule has 19 heavy (non-hydrogen) atoms. The maximum atomic E-state index is 12.1. The van der Waals surface area contributed by atoms with Crippen LogP contribution in [0.1, 0.15) is 12.5 Å². The maximum Gasteiger partial charge on any atom is 0.573 e. The maximum absolute atomic E-state index is 12.1. The molecule has 0 spiro atoms. The minimum Gasteiger partial charge on any atom is -0.405 e. The van der Waals surface area contributed by atoms with Gasteiger partial charge in [0.1, 0.15) is 5.75 Å². The lowest BCUT2D eigenvalue weighted by Gasteiger charge is -2.23. The van der Waals surface area contributed by atoms with E-state index in [1.165, 1.54) is 6.07 Å². The summed E-state index contributed by atoms with van der Waals surface area (Å²) in [5, 5.41) is 0. The molecule has 1 rings (SSSR count). The molecule has 0 aromatic heterocycles. The number of nitrogens with zero attached hydrogens (tertiary/aromatic N) is 1. The second-order valence-corrected chi connectivity index (χ2v) is 5.17. The fourth-order valence-corrected chi connectivity index (χ4v) is 1.98. The first-order valence-electron chi connectivity index (χ1n) is 5.67. The summed E-state index contributed by atoms with van der Waals surface area (Å²) >= 11 is 3.08. The number of hydrogen-bond donors (Lipinski definition) is 1. The van der Waals surface area contributed by atoms with Crippen molar-refractivity contribution in [2.75, 3.05) is 13.6 Å². The molecule has 108 valence electrons. The van der Waals surface area contributed by atoms with Gasteiger partial charge < -0.3 is 10.5 Å². The Balaban J connectivity index is 2.77. The fraction of sp³-hybridized carbons (Fsp3) is 0.500. The zero-order valence-corrected chi connectivity index (χ0v) is 12.3. The number of benzene rings is 1. The van der Waals surface area contributed by atoms with Crippen molar-refractivity contribution in [3.05, 3.63) is 28.2 Å². The van der Waals surface area contributed by atoms with Gasteiger partial charge >= 0.3 is 6.36 Å². The van der Waals surface area contributed by atoms with Gasteiger partial charge in [0, 0.05) is 19.1 Å². The Morgan fingerprint density at radius 2 is 2.05 bits per heavy atom. The fourth-order valence-electron chi connectivity index (χ4n) is 1.47. The van der Waals surface area contributed by atoms with Crippen molar-refractivity contribution < 1.29 is 17.9 Å². The van der Waals surface area contributed by atoms with E-state index in [4.69, 9.17) is 5.73 Å². The van der Waals surface area contributed by atoms with Gasteiger partial charge in [-0.2, -0.15) is 0 Å². The molecule has 0 bridgehead atoms. The lowest BCUT2D eigenvalue weighted by molar-refractivity contribution is -0.274. The van der Waals surface area contributed by atoms with E-state index in [1.807, 2.05) is 18.9 Å². The van der Waals surface area contributed by atoms with E-state index in [9.17, 15) is 13.2 Å². The van der Waals surface area contributed by atoms with Gasteiger partial charge in [-0.05, 0) is 47.6 Å². The number of hydrogen-bond acceptors (Lipinski definition) is 3. The molecule has 0 heterocycles. The average Bonchev–Trinajstić information content (AvgIpc) is 2.30. The molecule has 1 unspecified atom stereocenters. The van der Waals surface area contributed by atoms with E-state index in [0.29, 0.717) is 13.1 Å². The highest BCUT2D eigenvalue weighted by Gasteiger charge is 2.31. The van der Waals surface area contributed by atoms with Crippen LogP contribution in [0.15, 0.2) is 22.7 Å². The highest BCUT2D eigenvalue weighted by atomic mass is 79.9. The molecule has 0 aliphatic carbocycles. The standard InChI is InChI=1S/C12H16BrF3N2O/c1-8(6-17)18(2)7-9-3-4-11(10(13)5-9)19-12(14,15)16/h3-5,8H,6-7,17H2,1-2H3. The monoisotopic (exact) mass is 340 g/mol. The van der Waals surface area contributed by atoms with Crippen LogP contribution in [-0.4, -0.2) is 30.9 Å². The van der Waals surface area contributed by atoms with Crippen molar-refractivity contribution in [1.29, 1.82) is 0 Å². The number of nitrogens with two attached hydrogens (primary N) is 1. The summed E-state index contributed by atoms with van der Waals surface area (Å²) in [5.41, 5.74) is 6.43. The topological polar surface area (TPSA) is 38.5 Å². The Hall–Kier alpha value is -0.790. The van der Waals surface area contributed by atoms with Crippen LogP contribution < -0.4 is 10.5 Å². The normalized spacial score (nSPS) is 13.7. The van der Waals surface area contributed by atoms with Crippen LogP contribution in [0, 0.1) is 0 Å². The van der Waals surface area contributed by atoms with E-state index in [0.717, 1.165) is 5.56 Å². The van der Waals surface area contributed by atoms with E-state index in [1.54, 1.807) is 12.1 Å². The Labute approximate surface area is 118 Å². The van der Waals surface area contributed by atoms with Crippen LogP contribution in [0.3, 0.4) is 0 Å². The van der Waals surface area contributed by atoms with Crippen LogP contribution in [0.4, 0.5) is 13.2 Å². The molecule has 0 aliphatic rings. The molecule has 7 heteroatoms. The zero-order valence-electron chi connectivity index (χ0n) is 10.7. The van der Waals surface area contributed by atoms with Gasteiger partial charge in [-0.1, -0.05) is 6.07 Å². The van der Waals surface area contributed by atoms with Crippen LogP contribution in [-0.2, 0) is 6.54 Å². The second-order valence-electron chi connectivity index (χ2n) is 4.31. The van der Waals surface area contributed by atoms with Crippen molar-refractivity contribution in [1.82, 2.24) is 4.90 Å².